The number of halogens is 14. The number of ketones is 1. The monoisotopic (exact) mass is 1140 g/mol. The molecule has 80 heavy (non-hydrogen) atoms. The van der Waals surface area contributed by atoms with E-state index >= 15 is 43.9 Å². The molecule has 8 rings (SSSR count). The third kappa shape index (κ3) is 10.0. The Labute approximate surface area is 447 Å². The van der Waals surface area contributed by atoms with Crippen molar-refractivity contribution in [1.29, 1.82) is 10.5 Å². The predicted molar refractivity (Wildman–Crippen MR) is 257 cm³/mol. The molecule has 408 valence electrons. The van der Waals surface area contributed by atoms with Crippen LogP contribution in [0.5, 0.6) is 34.5 Å². The standard InChI is InChI=1S/C56H28F14N2O7S/c1-26-6-3-10-35(38(26)24-71)36-21-12-27(23-37(36)51(73)28-7-4-8-33(22-28)77-78-79-80)34-9-5-11-40(39(34)25-72)75-31-17-13-29(14-18-31)54(55(65,66)67,56(68,69)70)30-15-19-32(20-16-30)76-53-49(63)45(59)42(46(60)50(53)64)41-43(57)47(61)52(74-2)48(62)44(41)58/h3-23,80H,1-2H3. The van der Waals surface area contributed by atoms with Crippen molar-refractivity contribution >= 4 is 18.7 Å². The third-order valence-corrected chi connectivity index (χ3v) is 12.5. The van der Waals surface area contributed by atoms with Gasteiger partial charge in [0.25, 0.3) is 0 Å². The Morgan fingerprint density at radius 2 is 1.02 bits per heavy atom. The Hall–Kier alpha value is -9.10. The first-order valence-electron chi connectivity index (χ1n) is 22.4. The number of hydrogen-bond donors (Lipinski definition) is 1. The Morgan fingerprint density at radius 3 is 1.54 bits per heavy atom. The quantitative estimate of drug-likeness (QED) is 0.0203. The van der Waals surface area contributed by atoms with Gasteiger partial charge in [-0.1, -0.05) is 78.9 Å². The summed E-state index contributed by atoms with van der Waals surface area (Å²) < 4.78 is 230. The van der Waals surface area contributed by atoms with Gasteiger partial charge in [0.05, 0.1) is 23.8 Å². The molecule has 0 saturated heterocycles. The first-order valence-corrected chi connectivity index (χ1v) is 22.8. The van der Waals surface area contributed by atoms with Crippen LogP contribution < -0.4 is 19.1 Å². The molecule has 0 N–H and O–H groups in total. The van der Waals surface area contributed by atoms with Crippen molar-refractivity contribution in [3.8, 4) is 80.0 Å². The van der Waals surface area contributed by atoms with Gasteiger partial charge in [0.15, 0.2) is 40.6 Å². The Balaban J connectivity index is 1.13. The van der Waals surface area contributed by atoms with Gasteiger partial charge in [-0.3, -0.25) is 4.79 Å². The number of carbonyl (C=O) groups is 1. The summed E-state index contributed by atoms with van der Waals surface area (Å²) in [6.45, 7) is 1.69. The second-order valence-electron chi connectivity index (χ2n) is 16.9. The van der Waals surface area contributed by atoms with Gasteiger partial charge in [0, 0.05) is 35.2 Å². The van der Waals surface area contributed by atoms with Crippen molar-refractivity contribution in [2.24, 2.45) is 0 Å². The molecule has 0 bridgehead atoms. The summed E-state index contributed by atoms with van der Waals surface area (Å²) in [6, 6.07) is 26.6. The molecule has 0 fully saturated rings. The van der Waals surface area contributed by atoms with E-state index in [4.69, 9.17) is 14.4 Å². The van der Waals surface area contributed by atoms with E-state index in [-0.39, 0.29) is 57.0 Å². The third-order valence-electron chi connectivity index (χ3n) is 12.4. The largest absolute Gasteiger partial charge is 0.491 e. The van der Waals surface area contributed by atoms with Gasteiger partial charge in [-0.25, -0.2) is 17.6 Å². The molecule has 0 aliphatic rings. The number of hydrogen-bond acceptors (Lipinski definition) is 10. The van der Waals surface area contributed by atoms with Gasteiger partial charge in [0.2, 0.25) is 34.4 Å². The molecule has 0 atom stereocenters. The van der Waals surface area contributed by atoms with Crippen molar-refractivity contribution < 1.29 is 94.7 Å². The highest BCUT2D eigenvalue weighted by Gasteiger charge is 2.72. The predicted octanol–water partition coefficient (Wildman–Crippen LogP) is 16.2. The molecular formula is C56H28F14N2O7S. The summed E-state index contributed by atoms with van der Waals surface area (Å²) in [6.07, 6.45) is -12.5. The van der Waals surface area contributed by atoms with E-state index in [9.17, 15) is 32.9 Å². The van der Waals surface area contributed by atoms with E-state index in [1.54, 1.807) is 25.1 Å². The van der Waals surface area contributed by atoms with Crippen LogP contribution in [-0.2, 0) is 14.8 Å². The minimum absolute atomic E-state index is 0.0255. The lowest BCUT2D eigenvalue weighted by Gasteiger charge is -2.38. The van der Waals surface area contributed by atoms with Crippen LogP contribution in [-0.4, -0.2) is 25.2 Å². The maximum atomic E-state index is 15.3. The van der Waals surface area contributed by atoms with Gasteiger partial charge < -0.3 is 19.1 Å². The summed E-state index contributed by atoms with van der Waals surface area (Å²) >= 11 is 3.43. The number of carbonyl (C=O) groups excluding carboxylic acids is 1. The number of ether oxygens (including phenoxy) is 3. The number of nitrogens with zero attached hydrogens (tertiary/aromatic N) is 2. The first-order chi connectivity index (χ1) is 37.9. The van der Waals surface area contributed by atoms with Gasteiger partial charge >= 0.3 is 12.4 Å². The molecule has 9 nitrogen and oxygen atoms in total. The fourth-order valence-corrected chi connectivity index (χ4v) is 8.78. The number of nitriles is 2. The van der Waals surface area contributed by atoms with Crippen LogP contribution in [0.2, 0.25) is 0 Å². The Morgan fingerprint density at radius 1 is 0.525 bits per heavy atom. The normalized spacial score (nSPS) is 11.7. The topological polar surface area (TPSA) is 120 Å². The molecule has 0 aliphatic carbocycles. The van der Waals surface area contributed by atoms with E-state index in [2.05, 4.69) is 33.1 Å². The first kappa shape index (κ1) is 57.1. The van der Waals surface area contributed by atoms with Crippen molar-refractivity contribution in [3.05, 3.63) is 213 Å². The lowest BCUT2D eigenvalue weighted by molar-refractivity contribution is -0.402. The molecule has 0 saturated carbocycles. The zero-order chi connectivity index (χ0) is 58.2. The highest BCUT2D eigenvalue weighted by Crippen LogP contribution is 2.57. The maximum absolute atomic E-state index is 15.3. The fourth-order valence-electron chi connectivity index (χ4n) is 8.75. The van der Waals surface area contributed by atoms with E-state index < -0.39 is 115 Å². The molecule has 0 unspecified atom stereocenters. The van der Waals surface area contributed by atoms with Crippen LogP contribution in [0.4, 0.5) is 61.5 Å². The van der Waals surface area contributed by atoms with Crippen LogP contribution in [0.15, 0.2) is 127 Å². The summed E-state index contributed by atoms with van der Waals surface area (Å²) in [5, 5.41) is 25.0. The zero-order valence-electron chi connectivity index (χ0n) is 40.1. The average molecular weight is 1140 g/mol. The van der Waals surface area contributed by atoms with Gasteiger partial charge in [-0.15, -0.1) is 4.33 Å². The molecule has 24 heteroatoms. The number of thiol groups is 1. The van der Waals surface area contributed by atoms with Gasteiger partial charge in [-0.2, -0.15) is 54.4 Å². The Bertz CT molecular complexity index is 3770. The molecule has 0 aromatic heterocycles. The molecular weight excluding hydrogens is 1110 g/mol. The highest BCUT2D eigenvalue weighted by atomic mass is 32.1. The number of methoxy groups -OCH3 is 1. The van der Waals surface area contributed by atoms with Crippen LogP contribution in [0.1, 0.15) is 43.7 Å². The molecule has 0 radical (unpaired) electrons. The zero-order valence-corrected chi connectivity index (χ0v) is 41.0. The number of aryl methyl sites for hydroxylation is 1. The van der Waals surface area contributed by atoms with Gasteiger partial charge in [-0.05, 0) is 88.3 Å². The second-order valence-corrected chi connectivity index (χ2v) is 17.0. The van der Waals surface area contributed by atoms with Crippen molar-refractivity contribution in [3.63, 3.8) is 0 Å². The SMILES string of the molecule is COc1c(F)c(F)c(-c2c(F)c(F)c(Oc3ccc(C(c4ccc(Oc5cccc(-c6ccc(-c7cccc(C)c7C#N)c(C(=O)c7cccc(OOOS)c7)c6)c5C#N)cc4)(C(F)(F)F)C(F)(F)F)cc3)c(F)c2F)c(F)c1F. The summed E-state index contributed by atoms with van der Waals surface area (Å²) in [7, 11) is 0.557. The molecule has 0 spiro atoms. The van der Waals surface area contributed by atoms with E-state index in [0.29, 0.717) is 48.1 Å². The van der Waals surface area contributed by atoms with Crippen molar-refractivity contribution in [1.82, 2.24) is 0 Å². The van der Waals surface area contributed by atoms with Gasteiger partial charge in [0.1, 0.15) is 35.0 Å². The number of alkyl halides is 6. The second kappa shape index (κ2) is 22.3. The van der Waals surface area contributed by atoms with E-state index in [1.165, 1.54) is 60.7 Å². The summed E-state index contributed by atoms with van der Waals surface area (Å²) in [4.78, 5) is 19.3. The molecule has 0 aliphatic heterocycles. The van der Waals surface area contributed by atoms with Crippen molar-refractivity contribution in [2.75, 3.05) is 7.11 Å². The van der Waals surface area contributed by atoms with Crippen LogP contribution in [0, 0.1) is 76.1 Å². The molecule has 8 aromatic carbocycles. The maximum Gasteiger partial charge on any atom is 0.411 e. The molecule has 8 aromatic rings. The average Bonchev–Trinajstić information content (AvgIpc) is 3.57. The van der Waals surface area contributed by atoms with Crippen LogP contribution in [0.3, 0.4) is 0 Å². The minimum Gasteiger partial charge on any atom is -0.491 e. The minimum atomic E-state index is -6.24. The Kier molecular flexibility index (Phi) is 15.9. The highest BCUT2D eigenvalue weighted by molar-refractivity contribution is 7.74. The molecule has 0 amide bonds. The fraction of sp³-hybridized carbons (Fsp3) is 0.0893. The van der Waals surface area contributed by atoms with Crippen LogP contribution in [0.25, 0.3) is 33.4 Å². The smallest absolute Gasteiger partial charge is 0.411 e. The van der Waals surface area contributed by atoms with Crippen molar-refractivity contribution in [2.45, 2.75) is 24.7 Å². The van der Waals surface area contributed by atoms with Crippen LogP contribution >= 0.6 is 12.9 Å². The number of rotatable bonds is 15. The lowest BCUT2D eigenvalue weighted by Crippen LogP contribution is -2.54. The summed E-state index contributed by atoms with van der Waals surface area (Å²) in [5.74, 6) is -26.5. The number of benzene rings is 8. The van der Waals surface area contributed by atoms with E-state index in [1.807, 2.05) is 6.07 Å². The summed E-state index contributed by atoms with van der Waals surface area (Å²) in [5.41, 5.74) is -10.8. The lowest BCUT2D eigenvalue weighted by atomic mass is 9.73. The van der Waals surface area contributed by atoms with E-state index in [0.717, 1.165) is 12.1 Å². The molecule has 0 heterocycles.